The van der Waals surface area contributed by atoms with Gasteiger partial charge in [-0.1, -0.05) is 54.6 Å². The van der Waals surface area contributed by atoms with Crippen molar-refractivity contribution in [3.05, 3.63) is 77.9 Å². The van der Waals surface area contributed by atoms with E-state index in [4.69, 9.17) is 28.0 Å². The Kier molecular flexibility index (Phi) is 19.0. The number of phenols is 1. The van der Waals surface area contributed by atoms with E-state index in [-0.39, 0.29) is 69.3 Å². The van der Waals surface area contributed by atoms with E-state index in [9.17, 15) is 33.9 Å². The second kappa shape index (κ2) is 24.1. The predicted molar refractivity (Wildman–Crippen MR) is 226 cm³/mol. The van der Waals surface area contributed by atoms with Crippen LogP contribution in [0.1, 0.15) is 43.7 Å². The number of phenolic OH excluding ortho intramolecular Hbond substituents is 1. The average Bonchev–Trinajstić information content (AvgIpc) is 3.21. The van der Waals surface area contributed by atoms with Crippen LogP contribution >= 0.6 is 0 Å². The Labute approximate surface area is 347 Å². The summed E-state index contributed by atoms with van der Waals surface area (Å²) in [4.78, 5) is 87.1. The maximum absolute atomic E-state index is 14.2. The van der Waals surface area contributed by atoms with Gasteiger partial charge in [-0.25, -0.2) is 0 Å². The van der Waals surface area contributed by atoms with Crippen LogP contribution in [0.25, 0.3) is 10.8 Å². The molecule has 0 radical (unpaired) electrons. The molecule has 0 aliphatic rings. The molecule has 0 unspecified atom stereocenters. The van der Waals surface area contributed by atoms with Gasteiger partial charge in [0.25, 0.3) is 0 Å². The Morgan fingerprint density at radius 2 is 1.10 bits per heavy atom. The standard InChI is InChI=1S/C40H56N12O8/c1-23(34(56)48-22-33(54)55)49-38(60)32(21-25-11-14-26-7-3-4-8-27(26)19-25)52-36(58)30(10-6-18-47-40(43)44)50-35(57)29(9-5-17-46-39(41)42)51-37(59)31(45-2)20-24-12-15-28(53)16-13-24/h3-4,7-8,11-16,19,23,29-32,45,53H,5-6,9-10,17-18,20-22H2,1-2H3,(H,48,56)(H,49,60)(H,50,57)(H,51,59)(H,52,58)(H,54,55)(H4,41,42,46)(H4,43,44,47)/t23-,29-,30-,31+,32-/m0/s1. The summed E-state index contributed by atoms with van der Waals surface area (Å²) < 4.78 is 0. The summed E-state index contributed by atoms with van der Waals surface area (Å²) in [6.07, 6.45) is 0.751. The molecule has 20 heteroatoms. The molecule has 5 amide bonds. The van der Waals surface area contributed by atoms with Crippen LogP contribution < -0.4 is 54.8 Å². The van der Waals surface area contributed by atoms with Gasteiger partial charge in [0.1, 0.15) is 36.5 Å². The molecular formula is C40H56N12O8. The number of nitrogens with zero attached hydrogens (tertiary/aromatic N) is 2. The van der Waals surface area contributed by atoms with Gasteiger partial charge in [0, 0.05) is 19.5 Å². The minimum atomic E-state index is -1.28. The zero-order valence-electron chi connectivity index (χ0n) is 33.6. The maximum Gasteiger partial charge on any atom is 0.322 e. The van der Waals surface area contributed by atoms with Crippen molar-refractivity contribution >= 4 is 58.2 Å². The fourth-order valence-electron chi connectivity index (χ4n) is 6.06. The highest BCUT2D eigenvalue weighted by molar-refractivity contribution is 5.96. The number of carbonyl (C=O) groups excluding carboxylic acids is 5. The molecule has 324 valence electrons. The Balaban J connectivity index is 1.91. The Morgan fingerprint density at radius 1 is 0.617 bits per heavy atom. The van der Waals surface area contributed by atoms with Crippen LogP contribution in [0.4, 0.5) is 0 Å². The molecule has 3 aromatic rings. The van der Waals surface area contributed by atoms with Crippen LogP contribution in [0.5, 0.6) is 5.75 Å². The molecule has 0 aliphatic heterocycles. The number of nitrogens with one attached hydrogen (secondary N) is 6. The predicted octanol–water partition coefficient (Wildman–Crippen LogP) is -1.81. The van der Waals surface area contributed by atoms with Crippen LogP contribution in [0.2, 0.25) is 0 Å². The summed E-state index contributed by atoms with van der Waals surface area (Å²) in [5.74, 6) is -5.05. The van der Waals surface area contributed by atoms with Crippen molar-refractivity contribution in [3.8, 4) is 5.75 Å². The van der Waals surface area contributed by atoms with Gasteiger partial charge in [0.2, 0.25) is 29.5 Å². The van der Waals surface area contributed by atoms with Gasteiger partial charge in [-0.05, 0) is 80.1 Å². The molecule has 3 rings (SSSR count). The number of aliphatic carboxylic acids is 1. The van der Waals surface area contributed by atoms with Gasteiger partial charge in [-0.15, -0.1) is 0 Å². The second-order valence-electron chi connectivity index (χ2n) is 14.0. The number of carbonyl (C=O) groups is 6. The van der Waals surface area contributed by atoms with Crippen LogP contribution in [-0.4, -0.2) is 115 Å². The third-order valence-electron chi connectivity index (χ3n) is 9.25. The number of amides is 5. The van der Waals surface area contributed by atoms with Crippen molar-refractivity contribution in [2.75, 3.05) is 26.7 Å². The van der Waals surface area contributed by atoms with Gasteiger partial charge < -0.3 is 65.0 Å². The molecule has 0 bridgehead atoms. The fourth-order valence-corrected chi connectivity index (χ4v) is 6.06. The normalized spacial score (nSPS) is 13.3. The van der Waals surface area contributed by atoms with Gasteiger partial charge in [0.05, 0.1) is 6.04 Å². The highest BCUT2D eigenvalue weighted by Gasteiger charge is 2.32. The number of rotatable bonds is 24. The lowest BCUT2D eigenvalue weighted by atomic mass is 10.00. The lowest BCUT2D eigenvalue weighted by Crippen LogP contribution is -2.59. The van der Waals surface area contributed by atoms with Crippen molar-refractivity contribution < 1.29 is 39.0 Å². The first-order valence-corrected chi connectivity index (χ1v) is 19.3. The molecule has 3 aromatic carbocycles. The number of likely N-dealkylation sites (N-methyl/N-ethyl adjacent to an activating group) is 1. The summed E-state index contributed by atoms with van der Waals surface area (Å²) in [6.45, 7) is 0.945. The van der Waals surface area contributed by atoms with Gasteiger partial charge in [-0.2, -0.15) is 0 Å². The molecular weight excluding hydrogens is 777 g/mol. The Morgan fingerprint density at radius 3 is 1.63 bits per heavy atom. The quantitative estimate of drug-likeness (QED) is 0.0269. The number of fused-ring (bicyclic) bond motifs is 1. The van der Waals surface area contributed by atoms with E-state index in [0.717, 1.165) is 16.3 Å². The van der Waals surface area contributed by atoms with E-state index in [2.05, 4.69) is 41.9 Å². The minimum Gasteiger partial charge on any atom is -0.508 e. The summed E-state index contributed by atoms with van der Waals surface area (Å²) in [6, 6.07) is 13.7. The summed E-state index contributed by atoms with van der Waals surface area (Å²) in [5.41, 5.74) is 23.4. The third-order valence-corrected chi connectivity index (χ3v) is 9.25. The van der Waals surface area contributed by atoms with Crippen LogP contribution in [-0.2, 0) is 41.6 Å². The number of nitrogens with two attached hydrogens (primary N) is 4. The number of guanidine groups is 2. The minimum absolute atomic E-state index is 0.00131. The monoisotopic (exact) mass is 832 g/mol. The van der Waals surface area contributed by atoms with E-state index >= 15 is 0 Å². The highest BCUT2D eigenvalue weighted by atomic mass is 16.4. The molecule has 0 aromatic heterocycles. The van der Waals surface area contributed by atoms with Crippen molar-refractivity contribution in [1.82, 2.24) is 31.9 Å². The molecule has 60 heavy (non-hydrogen) atoms. The molecule has 0 spiro atoms. The summed E-state index contributed by atoms with van der Waals surface area (Å²) in [5, 5.41) is 36.4. The third kappa shape index (κ3) is 16.5. The van der Waals surface area contributed by atoms with Crippen LogP contribution in [0.15, 0.2) is 76.7 Å². The second-order valence-corrected chi connectivity index (χ2v) is 14.0. The highest BCUT2D eigenvalue weighted by Crippen LogP contribution is 2.17. The Hall–Kier alpha value is -6.96. The van der Waals surface area contributed by atoms with Crippen molar-refractivity contribution in [3.63, 3.8) is 0 Å². The SMILES string of the molecule is CN[C@H](Cc1ccc(O)cc1)C(=O)N[C@@H](CCCN=C(N)N)C(=O)N[C@@H](CCCN=C(N)N)C(=O)N[C@@H](Cc1ccc2ccccc2c1)C(=O)N[C@@H](C)C(=O)NCC(=O)O. The zero-order chi connectivity index (χ0) is 44.2. The molecule has 16 N–H and O–H groups in total. The molecule has 0 fully saturated rings. The zero-order valence-corrected chi connectivity index (χ0v) is 33.6. The number of aliphatic imine (C=N–C) groups is 2. The van der Waals surface area contributed by atoms with Crippen molar-refractivity contribution in [2.24, 2.45) is 32.9 Å². The number of benzene rings is 3. The van der Waals surface area contributed by atoms with Crippen LogP contribution in [0, 0.1) is 0 Å². The number of aromatic hydroxyl groups is 1. The maximum atomic E-state index is 14.2. The number of carboxylic acid groups (broad SMARTS) is 1. The number of hydrogen-bond acceptors (Lipinski definition) is 10. The van der Waals surface area contributed by atoms with E-state index in [1.807, 2.05) is 36.4 Å². The first kappa shape index (κ1) is 47.4. The van der Waals surface area contributed by atoms with E-state index in [1.54, 1.807) is 25.2 Å². The largest absolute Gasteiger partial charge is 0.508 e. The van der Waals surface area contributed by atoms with Gasteiger partial charge >= 0.3 is 5.97 Å². The topological polar surface area (TPSA) is 344 Å². The van der Waals surface area contributed by atoms with Crippen molar-refractivity contribution in [1.29, 1.82) is 0 Å². The fraction of sp³-hybridized carbons (Fsp3) is 0.400. The first-order chi connectivity index (χ1) is 28.6. The Bertz CT molecular complexity index is 2000. The molecule has 0 aliphatic carbocycles. The van der Waals surface area contributed by atoms with E-state index in [0.29, 0.717) is 5.56 Å². The lowest BCUT2D eigenvalue weighted by Gasteiger charge is -2.27. The molecule has 0 heterocycles. The number of hydrogen-bond donors (Lipinski definition) is 12. The van der Waals surface area contributed by atoms with E-state index < -0.39 is 72.3 Å². The molecule has 0 saturated carbocycles. The van der Waals surface area contributed by atoms with Gasteiger partial charge in [-0.3, -0.25) is 38.8 Å². The molecule has 5 atom stereocenters. The smallest absolute Gasteiger partial charge is 0.322 e. The number of carboxylic acids is 1. The summed E-state index contributed by atoms with van der Waals surface area (Å²) in [7, 11) is 1.59. The average molecular weight is 833 g/mol. The first-order valence-electron chi connectivity index (χ1n) is 19.3. The molecule has 20 nitrogen and oxygen atoms in total. The molecule has 0 saturated heterocycles. The van der Waals surface area contributed by atoms with Gasteiger partial charge in [0.15, 0.2) is 11.9 Å². The summed E-state index contributed by atoms with van der Waals surface area (Å²) >= 11 is 0. The lowest BCUT2D eigenvalue weighted by molar-refractivity contribution is -0.138. The van der Waals surface area contributed by atoms with Crippen molar-refractivity contribution in [2.45, 2.75) is 75.7 Å². The van der Waals surface area contributed by atoms with E-state index in [1.165, 1.54) is 19.1 Å². The van der Waals surface area contributed by atoms with Crippen LogP contribution in [0.3, 0.4) is 0 Å².